The van der Waals surface area contributed by atoms with E-state index in [1.54, 1.807) is 11.6 Å². The van der Waals surface area contributed by atoms with Crippen molar-refractivity contribution in [1.29, 1.82) is 0 Å². The van der Waals surface area contributed by atoms with Crippen molar-refractivity contribution >= 4 is 17.8 Å². The molecule has 0 aliphatic carbocycles. The standard InChI is InChI=1S/C24H18FN5O4/c1-16-22(15-26-27-23(31)17-7-11-20(12-8-17)30(32)33)24(34-21-13-9-18(25)10-14-21)29(28-16)19-5-3-2-4-6-19/h2-15H,1H3,(H,27,31)/b26-15-. The first kappa shape index (κ1) is 22.3. The van der Waals surface area contributed by atoms with Crippen LogP contribution in [-0.4, -0.2) is 26.8 Å². The van der Waals surface area contributed by atoms with E-state index >= 15 is 0 Å². The molecule has 34 heavy (non-hydrogen) atoms. The second kappa shape index (κ2) is 9.74. The Morgan fingerprint density at radius 2 is 1.76 bits per heavy atom. The monoisotopic (exact) mass is 459 g/mol. The number of non-ortho nitro benzene ring substituents is 1. The maximum atomic E-state index is 13.3. The molecule has 9 nitrogen and oxygen atoms in total. The summed E-state index contributed by atoms with van der Waals surface area (Å²) >= 11 is 0. The van der Waals surface area contributed by atoms with Gasteiger partial charge in [0.1, 0.15) is 11.6 Å². The zero-order valence-corrected chi connectivity index (χ0v) is 17.9. The summed E-state index contributed by atoms with van der Waals surface area (Å²) in [5.41, 5.74) is 4.29. The van der Waals surface area contributed by atoms with Crippen LogP contribution in [0.5, 0.6) is 11.6 Å². The number of hydrazone groups is 1. The van der Waals surface area contributed by atoms with Crippen molar-refractivity contribution in [2.24, 2.45) is 5.10 Å². The van der Waals surface area contributed by atoms with Gasteiger partial charge in [-0.15, -0.1) is 0 Å². The van der Waals surface area contributed by atoms with Crippen molar-refractivity contribution in [3.05, 3.63) is 112 Å². The van der Waals surface area contributed by atoms with Crippen molar-refractivity contribution in [2.75, 3.05) is 0 Å². The number of ether oxygens (including phenoxy) is 1. The molecule has 170 valence electrons. The number of nitrogens with one attached hydrogen (secondary N) is 1. The number of aryl methyl sites for hydroxylation is 1. The fourth-order valence-corrected chi connectivity index (χ4v) is 3.08. The Labute approximate surface area is 193 Å². The first-order chi connectivity index (χ1) is 16.4. The first-order valence-corrected chi connectivity index (χ1v) is 10.1. The zero-order chi connectivity index (χ0) is 24.1. The van der Waals surface area contributed by atoms with Crippen molar-refractivity contribution in [3.8, 4) is 17.3 Å². The predicted octanol–water partition coefficient (Wildman–Crippen LogP) is 4.78. The summed E-state index contributed by atoms with van der Waals surface area (Å²) in [6.45, 7) is 1.76. The average Bonchev–Trinajstić information content (AvgIpc) is 3.16. The molecule has 0 saturated heterocycles. The molecule has 0 aliphatic heterocycles. The normalized spacial score (nSPS) is 10.9. The van der Waals surface area contributed by atoms with E-state index in [2.05, 4.69) is 15.6 Å². The molecule has 0 fully saturated rings. The Morgan fingerprint density at radius 3 is 2.41 bits per heavy atom. The molecule has 0 atom stereocenters. The number of nitrogens with zero attached hydrogens (tertiary/aromatic N) is 4. The van der Waals surface area contributed by atoms with Crippen LogP contribution >= 0.6 is 0 Å². The largest absolute Gasteiger partial charge is 0.438 e. The molecule has 1 amide bonds. The molecule has 10 heteroatoms. The van der Waals surface area contributed by atoms with Gasteiger partial charge in [0.2, 0.25) is 5.88 Å². The number of nitro benzene ring substituents is 1. The maximum absolute atomic E-state index is 13.3. The van der Waals surface area contributed by atoms with E-state index in [9.17, 15) is 19.3 Å². The molecular formula is C24H18FN5O4. The highest BCUT2D eigenvalue weighted by Gasteiger charge is 2.18. The van der Waals surface area contributed by atoms with Crippen molar-refractivity contribution in [3.63, 3.8) is 0 Å². The maximum Gasteiger partial charge on any atom is 0.271 e. The minimum absolute atomic E-state index is 0.119. The highest BCUT2D eigenvalue weighted by molar-refractivity contribution is 5.95. The van der Waals surface area contributed by atoms with Gasteiger partial charge in [0.05, 0.1) is 28.1 Å². The van der Waals surface area contributed by atoms with Gasteiger partial charge in [-0.3, -0.25) is 14.9 Å². The molecule has 4 rings (SSSR count). The Balaban J connectivity index is 1.61. The lowest BCUT2D eigenvalue weighted by Gasteiger charge is -2.10. The third kappa shape index (κ3) is 4.96. The smallest absolute Gasteiger partial charge is 0.271 e. The number of amides is 1. The van der Waals surface area contributed by atoms with Crippen LogP contribution in [-0.2, 0) is 0 Å². The van der Waals surface area contributed by atoms with Gasteiger partial charge in [-0.2, -0.15) is 14.9 Å². The van der Waals surface area contributed by atoms with E-state index in [0.717, 1.165) is 5.69 Å². The van der Waals surface area contributed by atoms with Crippen molar-refractivity contribution in [2.45, 2.75) is 6.92 Å². The molecule has 0 aliphatic rings. The van der Waals surface area contributed by atoms with Crippen LogP contribution in [0.2, 0.25) is 0 Å². The van der Waals surface area contributed by atoms with Gasteiger partial charge >= 0.3 is 0 Å². The number of carbonyl (C=O) groups excluding carboxylic acids is 1. The van der Waals surface area contributed by atoms with E-state index in [0.29, 0.717) is 22.9 Å². The second-order valence-electron chi connectivity index (χ2n) is 7.11. The number of hydrogen-bond acceptors (Lipinski definition) is 6. The summed E-state index contributed by atoms with van der Waals surface area (Å²) in [5, 5.41) is 19.3. The van der Waals surface area contributed by atoms with Crippen LogP contribution in [0, 0.1) is 22.9 Å². The number of rotatable bonds is 7. The van der Waals surface area contributed by atoms with Gasteiger partial charge in [0, 0.05) is 17.7 Å². The summed E-state index contributed by atoms with van der Waals surface area (Å²) in [6.07, 6.45) is 1.39. The second-order valence-corrected chi connectivity index (χ2v) is 7.11. The zero-order valence-electron chi connectivity index (χ0n) is 17.9. The van der Waals surface area contributed by atoms with E-state index in [1.165, 1.54) is 54.7 Å². The lowest BCUT2D eigenvalue weighted by molar-refractivity contribution is -0.384. The van der Waals surface area contributed by atoms with Crippen molar-refractivity contribution < 1.29 is 18.8 Å². The number of hydrogen-bond donors (Lipinski definition) is 1. The number of aromatic nitrogens is 2. The first-order valence-electron chi connectivity index (χ1n) is 10.1. The summed E-state index contributed by atoms with van der Waals surface area (Å²) in [4.78, 5) is 22.6. The average molecular weight is 459 g/mol. The molecule has 0 spiro atoms. The lowest BCUT2D eigenvalue weighted by atomic mass is 10.2. The van der Waals surface area contributed by atoms with Gasteiger partial charge in [0.25, 0.3) is 11.6 Å². The fourth-order valence-electron chi connectivity index (χ4n) is 3.08. The van der Waals surface area contributed by atoms with Gasteiger partial charge in [0.15, 0.2) is 0 Å². The summed E-state index contributed by atoms with van der Waals surface area (Å²) in [7, 11) is 0. The van der Waals surface area contributed by atoms with Crippen LogP contribution in [0.25, 0.3) is 5.69 Å². The molecule has 1 heterocycles. The quantitative estimate of drug-likeness (QED) is 0.243. The SMILES string of the molecule is Cc1nn(-c2ccccc2)c(Oc2ccc(F)cc2)c1/C=N\NC(=O)c1ccc([N+](=O)[O-])cc1. The molecule has 1 N–H and O–H groups in total. The van der Waals surface area contributed by atoms with E-state index in [-0.39, 0.29) is 11.3 Å². The minimum atomic E-state index is -0.546. The number of para-hydroxylation sites is 1. The molecule has 0 unspecified atom stereocenters. The van der Waals surface area contributed by atoms with E-state index in [1.807, 2.05) is 30.3 Å². The summed E-state index contributed by atoms with van der Waals surface area (Å²) in [5.74, 6) is -0.220. The predicted molar refractivity (Wildman–Crippen MR) is 123 cm³/mol. The topological polar surface area (TPSA) is 112 Å². The van der Waals surface area contributed by atoms with E-state index < -0.39 is 16.6 Å². The van der Waals surface area contributed by atoms with Crippen LogP contribution in [0.3, 0.4) is 0 Å². The summed E-state index contributed by atoms with van der Waals surface area (Å²) in [6, 6.07) is 20.0. The number of benzene rings is 3. The Hall–Kier alpha value is -4.86. The molecule has 0 saturated carbocycles. The fraction of sp³-hybridized carbons (Fsp3) is 0.0417. The summed E-state index contributed by atoms with van der Waals surface area (Å²) < 4.78 is 20.9. The highest BCUT2D eigenvalue weighted by Crippen LogP contribution is 2.29. The number of carbonyl (C=O) groups is 1. The Morgan fingerprint density at radius 1 is 1.09 bits per heavy atom. The molecule has 4 aromatic rings. The molecule has 3 aromatic carbocycles. The minimum Gasteiger partial charge on any atom is -0.438 e. The highest BCUT2D eigenvalue weighted by atomic mass is 19.1. The van der Waals surface area contributed by atoms with Crippen LogP contribution < -0.4 is 10.2 Å². The molecule has 1 aromatic heterocycles. The van der Waals surface area contributed by atoms with Crippen molar-refractivity contribution in [1.82, 2.24) is 15.2 Å². The van der Waals surface area contributed by atoms with Crippen LogP contribution in [0.15, 0.2) is 84.0 Å². The Kier molecular flexibility index (Phi) is 6.40. The third-order valence-electron chi connectivity index (χ3n) is 4.79. The van der Waals surface area contributed by atoms with Crippen LogP contribution in [0.1, 0.15) is 21.6 Å². The van der Waals surface area contributed by atoms with Gasteiger partial charge in [-0.05, 0) is 55.5 Å². The van der Waals surface area contributed by atoms with Gasteiger partial charge in [-0.25, -0.2) is 9.82 Å². The molecule has 0 radical (unpaired) electrons. The van der Waals surface area contributed by atoms with Gasteiger partial charge in [-0.1, -0.05) is 18.2 Å². The number of nitro groups is 1. The van der Waals surface area contributed by atoms with Crippen LogP contribution in [0.4, 0.5) is 10.1 Å². The van der Waals surface area contributed by atoms with E-state index in [4.69, 9.17) is 4.74 Å². The van der Waals surface area contributed by atoms with Gasteiger partial charge < -0.3 is 4.74 Å². The third-order valence-corrected chi connectivity index (χ3v) is 4.79. The molecule has 0 bridgehead atoms. The Bertz CT molecular complexity index is 1350. The lowest BCUT2D eigenvalue weighted by Crippen LogP contribution is -2.17. The number of halogens is 1. The molecular weight excluding hydrogens is 441 g/mol.